The highest BCUT2D eigenvalue weighted by Gasteiger charge is 2.09. The largest absolute Gasteiger partial charge is 0.423 e. The zero-order chi connectivity index (χ0) is 13.7. The van der Waals surface area contributed by atoms with Crippen LogP contribution in [0.5, 0.6) is 11.8 Å². The molecule has 0 unspecified atom stereocenters. The van der Waals surface area contributed by atoms with Crippen LogP contribution in [0.1, 0.15) is 30.8 Å². The van der Waals surface area contributed by atoms with Crippen LogP contribution in [0.2, 0.25) is 0 Å². The topological polar surface area (TPSA) is 68.1 Å². The van der Waals surface area contributed by atoms with Crippen LogP contribution in [0.15, 0.2) is 24.3 Å². The molecule has 5 nitrogen and oxygen atoms in total. The summed E-state index contributed by atoms with van der Waals surface area (Å²) in [5.41, 5.74) is 2.49. The van der Waals surface area contributed by atoms with Crippen molar-refractivity contribution in [2.45, 2.75) is 33.3 Å². The molecule has 0 spiro atoms. The van der Waals surface area contributed by atoms with Crippen molar-refractivity contribution >= 4 is 0 Å². The van der Waals surface area contributed by atoms with E-state index in [1.54, 1.807) is 12.1 Å². The van der Waals surface area contributed by atoms with Gasteiger partial charge in [0.1, 0.15) is 5.75 Å². The van der Waals surface area contributed by atoms with E-state index < -0.39 is 0 Å². The van der Waals surface area contributed by atoms with Gasteiger partial charge in [0.05, 0.1) is 18.0 Å². The Kier molecular flexibility index (Phi) is 4.41. The maximum absolute atomic E-state index is 9.24. The van der Waals surface area contributed by atoms with Gasteiger partial charge in [0, 0.05) is 5.56 Å². The first kappa shape index (κ1) is 13.4. The molecule has 0 aliphatic carbocycles. The highest BCUT2D eigenvalue weighted by Crippen LogP contribution is 2.22. The Hall–Kier alpha value is -2.01. The average molecular weight is 259 g/mol. The lowest BCUT2D eigenvalue weighted by Gasteiger charge is -2.09. The molecule has 0 saturated carbocycles. The molecule has 100 valence electrons. The molecule has 0 bridgehead atoms. The third-order valence-electron chi connectivity index (χ3n) is 2.83. The second-order valence-corrected chi connectivity index (χ2v) is 4.06. The van der Waals surface area contributed by atoms with Gasteiger partial charge in [-0.1, -0.05) is 37.1 Å². The normalized spacial score (nSPS) is 10.5. The van der Waals surface area contributed by atoms with Crippen LogP contribution >= 0.6 is 0 Å². The lowest BCUT2D eigenvalue weighted by Crippen LogP contribution is -2.05. The van der Waals surface area contributed by atoms with E-state index in [0.29, 0.717) is 11.3 Å². The van der Waals surface area contributed by atoms with Gasteiger partial charge in [-0.25, -0.2) is 0 Å². The van der Waals surface area contributed by atoms with Gasteiger partial charge < -0.3 is 9.84 Å². The lowest BCUT2D eigenvalue weighted by molar-refractivity contribution is 0.275. The van der Waals surface area contributed by atoms with E-state index in [2.05, 4.69) is 15.2 Å². The summed E-state index contributed by atoms with van der Waals surface area (Å²) in [5, 5.41) is 17.3. The van der Waals surface area contributed by atoms with Crippen LogP contribution in [0.25, 0.3) is 0 Å². The summed E-state index contributed by atoms with van der Waals surface area (Å²) in [6.07, 6.45) is 1.59. The number of nitrogens with zero attached hydrogens (tertiary/aromatic N) is 3. The van der Waals surface area contributed by atoms with E-state index in [1.807, 2.05) is 26.0 Å². The summed E-state index contributed by atoms with van der Waals surface area (Å²) in [6, 6.07) is 7.46. The van der Waals surface area contributed by atoms with Crippen LogP contribution in [-0.2, 0) is 19.4 Å². The third kappa shape index (κ3) is 3.06. The Morgan fingerprint density at radius 1 is 1.05 bits per heavy atom. The van der Waals surface area contributed by atoms with Gasteiger partial charge >= 0.3 is 6.01 Å². The molecule has 0 radical (unpaired) electrons. The summed E-state index contributed by atoms with van der Waals surface area (Å²) < 4.78 is 5.60. The molecule has 0 saturated heterocycles. The number of benzene rings is 1. The van der Waals surface area contributed by atoms with E-state index in [-0.39, 0.29) is 12.6 Å². The molecule has 1 aromatic heterocycles. The number of aliphatic hydroxyl groups is 1. The van der Waals surface area contributed by atoms with Gasteiger partial charge in [-0.3, -0.25) is 0 Å². The quantitative estimate of drug-likeness (QED) is 0.892. The number of para-hydroxylation sites is 1. The molecule has 0 amide bonds. The highest BCUT2D eigenvalue weighted by atomic mass is 16.5. The van der Waals surface area contributed by atoms with Gasteiger partial charge in [0.2, 0.25) is 0 Å². The first-order valence-electron chi connectivity index (χ1n) is 6.37. The minimum Gasteiger partial charge on any atom is -0.423 e. The van der Waals surface area contributed by atoms with Crippen molar-refractivity contribution in [3.05, 3.63) is 41.2 Å². The number of hydrogen-bond donors (Lipinski definition) is 1. The minimum absolute atomic E-state index is 0.0860. The number of ether oxygens (including phenoxy) is 1. The smallest absolute Gasteiger partial charge is 0.341 e. The van der Waals surface area contributed by atoms with Crippen molar-refractivity contribution in [2.75, 3.05) is 0 Å². The number of rotatable bonds is 5. The van der Waals surface area contributed by atoms with Gasteiger partial charge in [-0.15, -0.1) is 5.10 Å². The minimum atomic E-state index is -0.0860. The third-order valence-corrected chi connectivity index (χ3v) is 2.83. The molecule has 0 aliphatic rings. The van der Waals surface area contributed by atoms with E-state index >= 15 is 0 Å². The molecule has 1 aromatic carbocycles. The van der Waals surface area contributed by atoms with Crippen molar-refractivity contribution in [2.24, 2.45) is 0 Å². The second kappa shape index (κ2) is 6.24. The van der Waals surface area contributed by atoms with Crippen molar-refractivity contribution in [3.63, 3.8) is 0 Å². The summed E-state index contributed by atoms with van der Waals surface area (Å²) in [5.74, 6) is 0.554. The van der Waals surface area contributed by atoms with Crippen molar-refractivity contribution in [3.8, 4) is 11.8 Å². The number of aromatic nitrogens is 3. The maximum Gasteiger partial charge on any atom is 0.341 e. The molecule has 0 atom stereocenters. The maximum atomic E-state index is 9.24. The van der Waals surface area contributed by atoms with Gasteiger partial charge in [0.25, 0.3) is 0 Å². The van der Waals surface area contributed by atoms with Gasteiger partial charge in [-0.2, -0.15) is 4.98 Å². The van der Waals surface area contributed by atoms with Crippen molar-refractivity contribution in [1.29, 1.82) is 0 Å². The number of aryl methyl sites for hydroxylation is 2. The van der Waals surface area contributed by atoms with Gasteiger partial charge in [0.15, 0.2) is 0 Å². The van der Waals surface area contributed by atoms with E-state index in [9.17, 15) is 5.11 Å². The van der Waals surface area contributed by atoms with E-state index in [4.69, 9.17) is 4.74 Å². The predicted molar refractivity (Wildman–Crippen MR) is 71.0 cm³/mol. The van der Waals surface area contributed by atoms with Crippen LogP contribution in [0.4, 0.5) is 0 Å². The molecule has 2 rings (SSSR count). The molecular weight excluding hydrogens is 242 g/mol. The fourth-order valence-electron chi connectivity index (χ4n) is 1.80. The zero-order valence-corrected chi connectivity index (χ0v) is 11.1. The average Bonchev–Trinajstić information content (AvgIpc) is 2.47. The Morgan fingerprint density at radius 2 is 1.79 bits per heavy atom. The first-order valence-corrected chi connectivity index (χ1v) is 6.37. The van der Waals surface area contributed by atoms with E-state index in [1.165, 1.54) is 0 Å². The van der Waals surface area contributed by atoms with Crippen LogP contribution in [-0.4, -0.2) is 20.3 Å². The zero-order valence-electron chi connectivity index (χ0n) is 11.1. The first-order chi connectivity index (χ1) is 9.28. The standard InChI is InChI=1S/C14H17N3O2/c1-3-11-12(4-2)16-17-14(15-11)19-13-8-6-5-7-10(13)9-18/h5-8,18H,3-4,9H2,1-2H3. The molecule has 2 aromatic rings. The highest BCUT2D eigenvalue weighted by molar-refractivity contribution is 5.34. The van der Waals surface area contributed by atoms with E-state index in [0.717, 1.165) is 24.2 Å². The summed E-state index contributed by atoms with van der Waals surface area (Å²) >= 11 is 0. The second-order valence-electron chi connectivity index (χ2n) is 4.06. The summed E-state index contributed by atoms with van der Waals surface area (Å²) in [4.78, 5) is 4.36. The SMILES string of the molecule is CCc1nnc(Oc2ccccc2CO)nc1CC. The molecule has 19 heavy (non-hydrogen) atoms. The number of hydrogen-bond acceptors (Lipinski definition) is 5. The van der Waals surface area contributed by atoms with Gasteiger partial charge in [-0.05, 0) is 18.9 Å². The van der Waals surface area contributed by atoms with Crippen molar-refractivity contribution < 1.29 is 9.84 Å². The fourth-order valence-corrected chi connectivity index (χ4v) is 1.80. The molecule has 0 fully saturated rings. The summed E-state index contributed by atoms with van der Waals surface area (Å²) in [6.45, 7) is 3.96. The van der Waals surface area contributed by atoms with Crippen molar-refractivity contribution in [1.82, 2.24) is 15.2 Å². The molecular formula is C14H17N3O2. The molecule has 5 heteroatoms. The molecule has 0 aliphatic heterocycles. The van der Waals surface area contributed by atoms with Crippen LogP contribution < -0.4 is 4.74 Å². The summed E-state index contributed by atoms with van der Waals surface area (Å²) in [7, 11) is 0. The Bertz CT molecular complexity index is 558. The predicted octanol–water partition coefficient (Wildman–Crippen LogP) is 2.28. The van der Waals surface area contributed by atoms with Crippen LogP contribution in [0.3, 0.4) is 0 Å². The Morgan fingerprint density at radius 3 is 2.47 bits per heavy atom. The monoisotopic (exact) mass is 259 g/mol. The number of aliphatic hydroxyl groups excluding tert-OH is 1. The Balaban J connectivity index is 2.28. The van der Waals surface area contributed by atoms with Crippen LogP contribution in [0, 0.1) is 0 Å². The molecule has 1 N–H and O–H groups in total. The fraction of sp³-hybridized carbons (Fsp3) is 0.357. The Labute approximate surface area is 112 Å². The lowest BCUT2D eigenvalue weighted by atomic mass is 10.2. The molecule has 1 heterocycles.